The number of amides is 1. The molecule has 1 aromatic heterocycles. The van der Waals surface area contributed by atoms with E-state index in [-0.39, 0.29) is 17.7 Å². The van der Waals surface area contributed by atoms with Gasteiger partial charge in [-0.3, -0.25) is 4.79 Å². The van der Waals surface area contributed by atoms with Crippen LogP contribution in [0.5, 0.6) is 5.75 Å². The Morgan fingerprint density at radius 3 is 2.64 bits per heavy atom. The summed E-state index contributed by atoms with van der Waals surface area (Å²) in [5.74, 6) is -0.614. The highest BCUT2D eigenvalue weighted by molar-refractivity contribution is 5.92. The second kappa shape index (κ2) is 7.17. The number of aromatic nitrogens is 2. The molecule has 1 atom stereocenters. The van der Waals surface area contributed by atoms with Crippen LogP contribution < -0.4 is 10.1 Å². The van der Waals surface area contributed by atoms with Crippen molar-refractivity contribution in [1.29, 1.82) is 0 Å². The molecule has 0 bridgehead atoms. The van der Waals surface area contributed by atoms with Gasteiger partial charge < -0.3 is 10.1 Å². The normalized spacial score (nSPS) is 11.8. The van der Waals surface area contributed by atoms with Crippen LogP contribution in [0.3, 0.4) is 0 Å². The lowest BCUT2D eigenvalue weighted by molar-refractivity contribution is 0.0934. The summed E-state index contributed by atoms with van der Waals surface area (Å²) in [7, 11) is 1.41. The van der Waals surface area contributed by atoms with E-state index in [1.807, 2.05) is 30.3 Å². The minimum absolute atomic E-state index is 0.170. The maximum absolute atomic E-state index is 13.8. The number of halogens is 1. The molecule has 3 rings (SSSR count). The third kappa shape index (κ3) is 3.68. The molecule has 0 saturated heterocycles. The molecule has 25 heavy (non-hydrogen) atoms. The number of para-hydroxylation sites is 1. The van der Waals surface area contributed by atoms with Crippen LogP contribution in [0.25, 0.3) is 5.69 Å². The first kappa shape index (κ1) is 16.7. The maximum Gasteiger partial charge on any atom is 0.272 e. The number of rotatable bonds is 5. The standard InChI is InChI=1S/C19H18FN3O2/c1-13(14-8-9-18(25-2)16(20)12-14)21-19(24)17-10-11-23(22-17)15-6-4-3-5-7-15/h3-13H,1-2H3,(H,21,24)/t13-/m0/s1. The summed E-state index contributed by atoms with van der Waals surface area (Å²) in [4.78, 5) is 12.4. The second-order valence-corrected chi connectivity index (χ2v) is 5.57. The average Bonchev–Trinajstić information content (AvgIpc) is 3.12. The Balaban J connectivity index is 1.72. The Kier molecular flexibility index (Phi) is 4.79. The zero-order valence-electron chi connectivity index (χ0n) is 13.9. The molecule has 0 aliphatic carbocycles. The Labute approximate surface area is 145 Å². The van der Waals surface area contributed by atoms with E-state index < -0.39 is 5.82 Å². The SMILES string of the molecule is COc1ccc([C@H](C)NC(=O)c2ccn(-c3ccccc3)n2)cc1F. The lowest BCUT2D eigenvalue weighted by Gasteiger charge is -2.14. The Bertz CT molecular complexity index is 877. The third-order valence-electron chi connectivity index (χ3n) is 3.87. The quantitative estimate of drug-likeness (QED) is 0.774. The van der Waals surface area contributed by atoms with Gasteiger partial charge in [-0.1, -0.05) is 24.3 Å². The van der Waals surface area contributed by atoms with E-state index in [0.29, 0.717) is 11.3 Å². The molecule has 1 amide bonds. The molecule has 5 nitrogen and oxygen atoms in total. The third-order valence-corrected chi connectivity index (χ3v) is 3.87. The van der Waals surface area contributed by atoms with Gasteiger partial charge in [0.25, 0.3) is 5.91 Å². The van der Waals surface area contributed by atoms with E-state index >= 15 is 0 Å². The molecule has 3 aromatic rings. The minimum atomic E-state index is -0.463. The van der Waals surface area contributed by atoms with E-state index in [1.165, 1.54) is 19.2 Å². The van der Waals surface area contributed by atoms with Gasteiger partial charge >= 0.3 is 0 Å². The van der Waals surface area contributed by atoms with Crippen molar-refractivity contribution in [2.45, 2.75) is 13.0 Å². The highest BCUT2D eigenvalue weighted by atomic mass is 19.1. The van der Waals surface area contributed by atoms with E-state index in [0.717, 1.165) is 5.69 Å². The largest absolute Gasteiger partial charge is 0.494 e. The van der Waals surface area contributed by atoms with Crippen LogP contribution in [0.2, 0.25) is 0 Å². The zero-order chi connectivity index (χ0) is 17.8. The van der Waals surface area contributed by atoms with Crippen molar-refractivity contribution in [3.05, 3.63) is 77.9 Å². The summed E-state index contributed by atoms with van der Waals surface area (Å²) in [5.41, 5.74) is 1.81. The number of hydrogen-bond acceptors (Lipinski definition) is 3. The van der Waals surface area contributed by atoms with Crippen molar-refractivity contribution in [2.75, 3.05) is 7.11 Å². The topological polar surface area (TPSA) is 56.1 Å². The van der Waals surface area contributed by atoms with E-state index in [4.69, 9.17) is 4.74 Å². The monoisotopic (exact) mass is 339 g/mol. The van der Waals surface area contributed by atoms with Crippen LogP contribution in [-0.4, -0.2) is 22.8 Å². The van der Waals surface area contributed by atoms with Crippen LogP contribution in [0, 0.1) is 5.82 Å². The summed E-state index contributed by atoms with van der Waals surface area (Å²) < 4.78 is 20.3. The van der Waals surface area contributed by atoms with Crippen molar-refractivity contribution >= 4 is 5.91 Å². The summed E-state index contributed by atoms with van der Waals surface area (Å²) in [6.45, 7) is 1.79. The summed E-state index contributed by atoms with van der Waals surface area (Å²) in [5, 5.41) is 7.10. The molecule has 128 valence electrons. The number of carbonyl (C=O) groups excluding carboxylic acids is 1. The van der Waals surface area contributed by atoms with Gasteiger partial charge in [0.15, 0.2) is 17.3 Å². The fourth-order valence-electron chi connectivity index (χ4n) is 2.48. The zero-order valence-corrected chi connectivity index (χ0v) is 13.9. The lowest BCUT2D eigenvalue weighted by atomic mass is 10.1. The van der Waals surface area contributed by atoms with Gasteiger partial charge in [0.2, 0.25) is 0 Å². The molecule has 2 aromatic carbocycles. The molecule has 1 N–H and O–H groups in total. The van der Waals surface area contributed by atoms with Crippen molar-refractivity contribution in [2.24, 2.45) is 0 Å². The maximum atomic E-state index is 13.8. The molecule has 0 aliphatic rings. The molecule has 0 fully saturated rings. The molecular formula is C19H18FN3O2. The molecule has 0 saturated carbocycles. The number of carbonyl (C=O) groups is 1. The van der Waals surface area contributed by atoms with Gasteiger partial charge in [0.1, 0.15) is 0 Å². The summed E-state index contributed by atoms with van der Waals surface area (Å²) in [6.07, 6.45) is 1.72. The van der Waals surface area contributed by atoms with Crippen LogP contribution in [0.1, 0.15) is 29.0 Å². The molecular weight excluding hydrogens is 321 g/mol. The van der Waals surface area contributed by atoms with Crippen molar-refractivity contribution in [3.63, 3.8) is 0 Å². The Morgan fingerprint density at radius 2 is 1.96 bits per heavy atom. The summed E-state index contributed by atoms with van der Waals surface area (Å²) >= 11 is 0. The minimum Gasteiger partial charge on any atom is -0.494 e. The van der Waals surface area contributed by atoms with Gasteiger partial charge in [-0.15, -0.1) is 0 Å². The second-order valence-electron chi connectivity index (χ2n) is 5.57. The first-order valence-electron chi connectivity index (χ1n) is 7.84. The fraction of sp³-hybridized carbons (Fsp3) is 0.158. The molecule has 0 radical (unpaired) electrons. The van der Waals surface area contributed by atoms with Crippen molar-refractivity contribution in [1.82, 2.24) is 15.1 Å². The van der Waals surface area contributed by atoms with Gasteiger partial charge in [-0.05, 0) is 42.8 Å². The van der Waals surface area contributed by atoms with Gasteiger partial charge in [-0.25, -0.2) is 9.07 Å². The Hall–Kier alpha value is -3.15. The van der Waals surface area contributed by atoms with Crippen LogP contribution in [-0.2, 0) is 0 Å². The van der Waals surface area contributed by atoms with Crippen LogP contribution >= 0.6 is 0 Å². The number of nitrogens with zero attached hydrogens (tertiary/aromatic N) is 2. The first-order chi connectivity index (χ1) is 12.1. The average molecular weight is 339 g/mol. The van der Waals surface area contributed by atoms with Crippen LogP contribution in [0.4, 0.5) is 4.39 Å². The smallest absolute Gasteiger partial charge is 0.272 e. The first-order valence-corrected chi connectivity index (χ1v) is 7.84. The molecule has 1 heterocycles. The van der Waals surface area contributed by atoms with Crippen molar-refractivity contribution in [3.8, 4) is 11.4 Å². The highest BCUT2D eigenvalue weighted by Gasteiger charge is 2.15. The predicted molar refractivity (Wildman–Crippen MR) is 92.4 cm³/mol. The van der Waals surface area contributed by atoms with Gasteiger partial charge in [-0.2, -0.15) is 5.10 Å². The number of benzene rings is 2. The molecule has 6 heteroatoms. The van der Waals surface area contributed by atoms with Crippen LogP contribution in [0.15, 0.2) is 60.8 Å². The molecule has 0 unspecified atom stereocenters. The summed E-state index contributed by atoms with van der Waals surface area (Å²) in [6, 6.07) is 15.4. The van der Waals surface area contributed by atoms with E-state index in [2.05, 4.69) is 10.4 Å². The molecule has 0 aliphatic heterocycles. The number of methoxy groups -OCH3 is 1. The Morgan fingerprint density at radius 1 is 1.20 bits per heavy atom. The van der Waals surface area contributed by atoms with Crippen molar-refractivity contribution < 1.29 is 13.9 Å². The number of hydrogen-bond donors (Lipinski definition) is 1. The molecule has 0 spiro atoms. The van der Waals surface area contributed by atoms with E-state index in [9.17, 15) is 9.18 Å². The predicted octanol–water partition coefficient (Wildman–Crippen LogP) is 3.51. The number of ether oxygens (including phenoxy) is 1. The fourth-order valence-corrected chi connectivity index (χ4v) is 2.48. The highest BCUT2D eigenvalue weighted by Crippen LogP contribution is 2.22. The van der Waals surface area contributed by atoms with Gasteiger partial charge in [0.05, 0.1) is 18.8 Å². The van der Waals surface area contributed by atoms with Gasteiger partial charge in [0, 0.05) is 6.20 Å². The van der Waals surface area contributed by atoms with E-state index in [1.54, 1.807) is 29.9 Å². The number of nitrogens with one attached hydrogen (secondary N) is 1. The lowest BCUT2D eigenvalue weighted by Crippen LogP contribution is -2.27.